The predicted molar refractivity (Wildman–Crippen MR) is 55.7 cm³/mol. The Bertz CT molecular complexity index is 387. The third-order valence-corrected chi connectivity index (χ3v) is 2.98. The lowest BCUT2D eigenvalue weighted by molar-refractivity contribution is -0.118. The van der Waals surface area contributed by atoms with Crippen LogP contribution in [-0.4, -0.2) is 5.78 Å². The number of ketones is 1. The SMILES string of the molecule is O=C1CCCc2c(F)cc(Br)cc2C1. The summed E-state index contributed by atoms with van der Waals surface area (Å²) >= 11 is 3.24. The molecule has 1 aromatic rings. The van der Waals surface area contributed by atoms with Gasteiger partial charge in [-0.25, -0.2) is 4.39 Å². The molecule has 1 aromatic carbocycles. The van der Waals surface area contributed by atoms with E-state index in [9.17, 15) is 9.18 Å². The van der Waals surface area contributed by atoms with Gasteiger partial charge in [0.15, 0.2) is 0 Å². The number of Topliss-reactive ketones (excluding diaryl/α,β-unsaturated/α-hetero) is 1. The van der Waals surface area contributed by atoms with Gasteiger partial charge in [0.05, 0.1) is 0 Å². The van der Waals surface area contributed by atoms with Crippen molar-refractivity contribution < 1.29 is 9.18 Å². The number of carbonyl (C=O) groups is 1. The van der Waals surface area contributed by atoms with E-state index < -0.39 is 0 Å². The van der Waals surface area contributed by atoms with Gasteiger partial charge in [-0.15, -0.1) is 0 Å². The van der Waals surface area contributed by atoms with Gasteiger partial charge in [-0.3, -0.25) is 4.79 Å². The molecule has 0 N–H and O–H groups in total. The van der Waals surface area contributed by atoms with Crippen molar-refractivity contribution in [3.05, 3.63) is 33.5 Å². The normalized spacial score (nSPS) is 16.3. The van der Waals surface area contributed by atoms with Gasteiger partial charge < -0.3 is 0 Å². The molecular formula is C11H10BrFO. The number of hydrogen-bond donors (Lipinski definition) is 0. The minimum Gasteiger partial charge on any atom is -0.299 e. The van der Waals surface area contributed by atoms with Crippen molar-refractivity contribution in [3.63, 3.8) is 0 Å². The minimum absolute atomic E-state index is 0.191. The van der Waals surface area contributed by atoms with Crippen LogP contribution < -0.4 is 0 Å². The second kappa shape index (κ2) is 3.81. The topological polar surface area (TPSA) is 17.1 Å². The van der Waals surface area contributed by atoms with E-state index in [1.165, 1.54) is 6.07 Å². The van der Waals surface area contributed by atoms with Crippen LogP contribution in [0.5, 0.6) is 0 Å². The number of hydrogen-bond acceptors (Lipinski definition) is 1. The van der Waals surface area contributed by atoms with Crippen LogP contribution in [-0.2, 0) is 17.6 Å². The Kier molecular flexibility index (Phi) is 2.68. The fourth-order valence-electron chi connectivity index (χ4n) is 1.86. The van der Waals surface area contributed by atoms with Crippen LogP contribution in [0.3, 0.4) is 0 Å². The third kappa shape index (κ3) is 1.87. The first kappa shape index (κ1) is 9.84. The van der Waals surface area contributed by atoms with Crippen molar-refractivity contribution in [2.45, 2.75) is 25.7 Å². The Labute approximate surface area is 90.4 Å². The molecule has 0 unspecified atom stereocenters. The molecule has 0 radical (unpaired) electrons. The van der Waals surface area contributed by atoms with Crippen LogP contribution in [0.25, 0.3) is 0 Å². The molecule has 0 bridgehead atoms. The summed E-state index contributed by atoms with van der Waals surface area (Å²) in [7, 11) is 0. The number of fused-ring (bicyclic) bond motifs is 1. The highest BCUT2D eigenvalue weighted by Gasteiger charge is 2.17. The van der Waals surface area contributed by atoms with Crippen molar-refractivity contribution in [2.24, 2.45) is 0 Å². The van der Waals surface area contributed by atoms with Gasteiger partial charge in [-0.1, -0.05) is 15.9 Å². The second-order valence-electron chi connectivity index (χ2n) is 3.59. The first-order valence-electron chi connectivity index (χ1n) is 4.65. The van der Waals surface area contributed by atoms with E-state index >= 15 is 0 Å². The van der Waals surface area contributed by atoms with Gasteiger partial charge in [0.2, 0.25) is 0 Å². The fourth-order valence-corrected chi connectivity index (χ4v) is 2.33. The molecule has 0 heterocycles. The lowest BCUT2D eigenvalue weighted by Gasteiger charge is -2.06. The van der Waals surface area contributed by atoms with Crippen LogP contribution in [0.4, 0.5) is 4.39 Å². The van der Waals surface area contributed by atoms with Crippen LogP contribution >= 0.6 is 15.9 Å². The highest BCUT2D eigenvalue weighted by atomic mass is 79.9. The van der Waals surface area contributed by atoms with E-state index in [1.807, 2.05) is 6.07 Å². The van der Waals surface area contributed by atoms with Crippen LogP contribution in [0.2, 0.25) is 0 Å². The van der Waals surface area contributed by atoms with E-state index in [4.69, 9.17) is 0 Å². The molecule has 0 saturated heterocycles. The fraction of sp³-hybridized carbons (Fsp3) is 0.364. The number of benzene rings is 1. The number of carbonyl (C=O) groups excluding carboxylic acids is 1. The summed E-state index contributed by atoms with van der Waals surface area (Å²) in [6, 6.07) is 3.32. The Morgan fingerprint density at radius 1 is 1.29 bits per heavy atom. The molecule has 0 saturated carbocycles. The molecule has 74 valence electrons. The summed E-state index contributed by atoms with van der Waals surface area (Å²) in [4.78, 5) is 11.3. The largest absolute Gasteiger partial charge is 0.299 e. The summed E-state index contributed by atoms with van der Waals surface area (Å²) in [6.45, 7) is 0. The maximum atomic E-state index is 13.5. The summed E-state index contributed by atoms with van der Waals surface area (Å²) in [5, 5.41) is 0. The van der Waals surface area contributed by atoms with Crippen LogP contribution in [0.1, 0.15) is 24.0 Å². The number of rotatable bonds is 0. The van der Waals surface area contributed by atoms with Gasteiger partial charge >= 0.3 is 0 Å². The molecule has 3 heteroatoms. The molecule has 0 spiro atoms. The van der Waals surface area contributed by atoms with Crippen molar-refractivity contribution in [3.8, 4) is 0 Å². The molecule has 1 aliphatic carbocycles. The van der Waals surface area contributed by atoms with E-state index in [2.05, 4.69) is 15.9 Å². The first-order valence-corrected chi connectivity index (χ1v) is 5.44. The van der Waals surface area contributed by atoms with Gasteiger partial charge in [0.25, 0.3) is 0 Å². The van der Waals surface area contributed by atoms with Gasteiger partial charge in [0, 0.05) is 17.3 Å². The summed E-state index contributed by atoms with van der Waals surface area (Å²) in [5.74, 6) is 0.0188. The van der Waals surface area contributed by atoms with Gasteiger partial charge in [-0.05, 0) is 36.1 Å². The molecule has 0 amide bonds. The summed E-state index contributed by atoms with van der Waals surface area (Å²) in [5.41, 5.74) is 1.57. The molecule has 1 aliphatic rings. The smallest absolute Gasteiger partial charge is 0.137 e. The second-order valence-corrected chi connectivity index (χ2v) is 4.51. The van der Waals surface area contributed by atoms with Crippen molar-refractivity contribution in [1.82, 2.24) is 0 Å². The Hall–Kier alpha value is -0.700. The third-order valence-electron chi connectivity index (χ3n) is 2.52. The maximum absolute atomic E-state index is 13.5. The zero-order valence-corrected chi connectivity index (χ0v) is 9.23. The average molecular weight is 257 g/mol. The van der Waals surface area contributed by atoms with Crippen molar-refractivity contribution >= 4 is 21.7 Å². The van der Waals surface area contributed by atoms with Crippen molar-refractivity contribution in [1.29, 1.82) is 0 Å². The Morgan fingerprint density at radius 2 is 2.07 bits per heavy atom. The van der Waals surface area contributed by atoms with E-state index in [1.54, 1.807) is 0 Å². The lowest BCUT2D eigenvalue weighted by Crippen LogP contribution is -2.01. The first-order chi connectivity index (χ1) is 6.66. The highest BCUT2D eigenvalue weighted by Crippen LogP contribution is 2.25. The Morgan fingerprint density at radius 3 is 2.86 bits per heavy atom. The summed E-state index contributed by atoms with van der Waals surface area (Å²) < 4.78 is 14.2. The summed E-state index contributed by atoms with van der Waals surface area (Å²) in [6.07, 6.45) is 2.40. The van der Waals surface area contributed by atoms with Crippen LogP contribution in [0, 0.1) is 5.82 Å². The molecule has 0 fully saturated rings. The molecular weight excluding hydrogens is 247 g/mol. The Balaban J connectivity index is 2.50. The highest BCUT2D eigenvalue weighted by molar-refractivity contribution is 9.10. The standard InChI is InChI=1S/C11H10BrFO/c12-8-4-7-5-9(14)2-1-3-10(7)11(13)6-8/h4,6H,1-3,5H2. The molecule has 14 heavy (non-hydrogen) atoms. The van der Waals surface area contributed by atoms with Crippen molar-refractivity contribution in [2.75, 3.05) is 0 Å². The van der Waals surface area contributed by atoms with Crippen LogP contribution in [0.15, 0.2) is 16.6 Å². The van der Waals surface area contributed by atoms with E-state index in [0.717, 1.165) is 17.5 Å². The zero-order valence-electron chi connectivity index (χ0n) is 7.65. The molecule has 0 aromatic heterocycles. The number of halogens is 2. The molecule has 0 aliphatic heterocycles. The average Bonchev–Trinajstić information content (AvgIpc) is 2.25. The quantitative estimate of drug-likeness (QED) is 0.653. The maximum Gasteiger partial charge on any atom is 0.137 e. The zero-order chi connectivity index (χ0) is 10.1. The van der Waals surface area contributed by atoms with E-state index in [0.29, 0.717) is 23.7 Å². The molecule has 1 nitrogen and oxygen atoms in total. The predicted octanol–water partition coefficient (Wildman–Crippen LogP) is 3.04. The monoisotopic (exact) mass is 256 g/mol. The molecule has 0 atom stereocenters. The van der Waals surface area contributed by atoms with E-state index in [-0.39, 0.29) is 11.6 Å². The molecule has 2 rings (SSSR count). The minimum atomic E-state index is -0.191. The van der Waals surface area contributed by atoms with Gasteiger partial charge in [-0.2, -0.15) is 0 Å². The van der Waals surface area contributed by atoms with Gasteiger partial charge in [0.1, 0.15) is 11.6 Å². The lowest BCUT2D eigenvalue weighted by atomic mass is 10.0.